The quantitative estimate of drug-likeness (QED) is 0.893. The van der Waals surface area contributed by atoms with Gasteiger partial charge in [-0.05, 0) is 44.4 Å². The maximum absolute atomic E-state index is 6.08. The van der Waals surface area contributed by atoms with E-state index in [0.29, 0.717) is 0 Å². The molecule has 1 aliphatic carbocycles. The van der Waals surface area contributed by atoms with Gasteiger partial charge in [-0.25, -0.2) is 0 Å². The van der Waals surface area contributed by atoms with Crippen LogP contribution in [0.2, 0.25) is 4.34 Å². The Labute approximate surface area is 119 Å². The Kier molecular flexibility index (Phi) is 4.70. The van der Waals surface area contributed by atoms with Crippen LogP contribution in [0.3, 0.4) is 0 Å². The third-order valence-corrected chi connectivity index (χ3v) is 5.69. The Bertz CT molecular complexity index is 393. The number of likely N-dealkylation sites (N-methyl/N-ethyl adjacent to an activating group) is 1. The van der Waals surface area contributed by atoms with Crippen molar-refractivity contribution in [1.29, 1.82) is 0 Å². The molecule has 1 aromatic heterocycles. The normalized spacial score (nSPS) is 28.2. The summed E-state index contributed by atoms with van der Waals surface area (Å²) in [6.45, 7) is 4.01. The molecule has 0 spiro atoms. The van der Waals surface area contributed by atoms with E-state index in [-0.39, 0.29) is 5.54 Å². The van der Waals surface area contributed by atoms with Crippen molar-refractivity contribution in [2.45, 2.75) is 44.7 Å². The van der Waals surface area contributed by atoms with Crippen molar-refractivity contribution in [2.24, 2.45) is 11.7 Å². The molecular weight excluding hydrogens is 264 g/mol. The predicted molar refractivity (Wildman–Crippen MR) is 80.2 cm³/mol. The van der Waals surface area contributed by atoms with Crippen LogP contribution in [0, 0.1) is 5.92 Å². The molecule has 1 aliphatic rings. The molecular formula is C14H23ClN2S. The van der Waals surface area contributed by atoms with E-state index in [1.807, 2.05) is 6.07 Å². The highest BCUT2D eigenvalue weighted by Gasteiger charge is 2.40. The molecule has 1 heterocycles. The smallest absolute Gasteiger partial charge is 0.0931 e. The van der Waals surface area contributed by atoms with E-state index in [1.54, 1.807) is 11.3 Å². The molecule has 0 amide bonds. The summed E-state index contributed by atoms with van der Waals surface area (Å²) in [4.78, 5) is 3.78. The number of nitrogens with two attached hydrogens (primary N) is 1. The SMILES string of the molecule is CCC1CCC(CN)(N(C)Cc2ccc(Cl)s2)C1. The van der Waals surface area contributed by atoms with E-state index < -0.39 is 0 Å². The summed E-state index contributed by atoms with van der Waals surface area (Å²) in [5.41, 5.74) is 6.29. The highest BCUT2D eigenvalue weighted by molar-refractivity contribution is 7.16. The average molecular weight is 287 g/mol. The fraction of sp³-hybridized carbons (Fsp3) is 0.714. The van der Waals surface area contributed by atoms with E-state index >= 15 is 0 Å². The Balaban J connectivity index is 2.04. The molecule has 2 unspecified atom stereocenters. The van der Waals surface area contributed by atoms with Gasteiger partial charge >= 0.3 is 0 Å². The zero-order valence-electron chi connectivity index (χ0n) is 11.3. The van der Waals surface area contributed by atoms with E-state index in [9.17, 15) is 0 Å². The number of thiophene rings is 1. The summed E-state index contributed by atoms with van der Waals surface area (Å²) in [6, 6.07) is 4.11. The zero-order valence-corrected chi connectivity index (χ0v) is 12.9. The van der Waals surface area contributed by atoms with Gasteiger partial charge in [0.25, 0.3) is 0 Å². The molecule has 4 heteroatoms. The first-order valence-electron chi connectivity index (χ1n) is 6.75. The maximum Gasteiger partial charge on any atom is 0.0931 e. The summed E-state index contributed by atoms with van der Waals surface area (Å²) in [5, 5.41) is 0. The topological polar surface area (TPSA) is 29.3 Å². The van der Waals surface area contributed by atoms with Crippen LogP contribution >= 0.6 is 22.9 Å². The molecule has 2 atom stereocenters. The molecule has 18 heavy (non-hydrogen) atoms. The van der Waals surface area contributed by atoms with Crippen molar-refractivity contribution in [3.63, 3.8) is 0 Å². The van der Waals surface area contributed by atoms with Gasteiger partial charge < -0.3 is 5.73 Å². The second-order valence-corrected chi connectivity index (χ2v) is 7.31. The zero-order chi connectivity index (χ0) is 13.2. The Hall–Kier alpha value is -0.0900. The molecule has 0 bridgehead atoms. The third-order valence-electron chi connectivity index (χ3n) is 4.48. The van der Waals surface area contributed by atoms with Gasteiger partial charge in [-0.3, -0.25) is 4.90 Å². The monoisotopic (exact) mass is 286 g/mol. The van der Waals surface area contributed by atoms with Crippen LogP contribution in [0.25, 0.3) is 0 Å². The Morgan fingerprint density at radius 3 is 2.83 bits per heavy atom. The number of rotatable bonds is 5. The van der Waals surface area contributed by atoms with E-state index in [4.69, 9.17) is 17.3 Å². The molecule has 2 N–H and O–H groups in total. The second kappa shape index (κ2) is 5.91. The fourth-order valence-corrected chi connectivity index (χ4v) is 4.23. The summed E-state index contributed by atoms with van der Waals surface area (Å²) >= 11 is 7.67. The van der Waals surface area contributed by atoms with Gasteiger partial charge in [-0.15, -0.1) is 11.3 Å². The fourth-order valence-electron chi connectivity index (χ4n) is 3.09. The van der Waals surface area contributed by atoms with Crippen molar-refractivity contribution in [1.82, 2.24) is 4.90 Å². The second-order valence-electron chi connectivity index (χ2n) is 5.51. The molecule has 2 nitrogen and oxygen atoms in total. The van der Waals surface area contributed by atoms with Gasteiger partial charge in [-0.2, -0.15) is 0 Å². The van der Waals surface area contributed by atoms with Crippen molar-refractivity contribution >= 4 is 22.9 Å². The molecule has 1 fully saturated rings. The highest BCUT2D eigenvalue weighted by atomic mass is 35.5. The van der Waals surface area contributed by atoms with Gasteiger partial charge in [0.15, 0.2) is 0 Å². The molecule has 0 aliphatic heterocycles. The molecule has 0 aromatic carbocycles. The number of halogens is 1. The molecule has 1 saturated carbocycles. The lowest BCUT2D eigenvalue weighted by molar-refractivity contribution is 0.120. The van der Waals surface area contributed by atoms with Crippen LogP contribution in [0.4, 0.5) is 0 Å². The lowest BCUT2D eigenvalue weighted by Crippen LogP contribution is -2.49. The minimum absolute atomic E-state index is 0.205. The van der Waals surface area contributed by atoms with Crippen molar-refractivity contribution in [3.8, 4) is 0 Å². The number of nitrogens with zero attached hydrogens (tertiary/aromatic N) is 1. The van der Waals surface area contributed by atoms with Gasteiger partial charge in [0.05, 0.1) is 4.34 Å². The summed E-state index contributed by atoms with van der Waals surface area (Å²) in [5.74, 6) is 0.850. The largest absolute Gasteiger partial charge is 0.329 e. The first-order chi connectivity index (χ1) is 8.59. The van der Waals surface area contributed by atoms with Crippen LogP contribution in [0.1, 0.15) is 37.5 Å². The maximum atomic E-state index is 6.08. The highest BCUT2D eigenvalue weighted by Crippen LogP contribution is 2.40. The molecule has 102 valence electrons. The lowest BCUT2D eigenvalue weighted by atomic mass is 9.93. The lowest BCUT2D eigenvalue weighted by Gasteiger charge is -2.38. The molecule has 0 radical (unpaired) electrons. The van der Waals surface area contributed by atoms with Crippen LogP contribution in [-0.2, 0) is 6.54 Å². The Morgan fingerprint density at radius 1 is 1.56 bits per heavy atom. The van der Waals surface area contributed by atoms with Crippen LogP contribution in [0.5, 0.6) is 0 Å². The van der Waals surface area contributed by atoms with Crippen molar-refractivity contribution < 1.29 is 0 Å². The van der Waals surface area contributed by atoms with Gasteiger partial charge in [0, 0.05) is 23.5 Å². The summed E-state index contributed by atoms with van der Waals surface area (Å²) in [6.07, 6.45) is 5.08. The Morgan fingerprint density at radius 2 is 2.33 bits per heavy atom. The standard InChI is InChI=1S/C14H23ClN2S/c1-3-11-6-7-14(8-11,10-16)17(2)9-12-4-5-13(15)18-12/h4-5,11H,3,6-10,16H2,1-2H3. The van der Waals surface area contributed by atoms with Crippen LogP contribution < -0.4 is 5.73 Å². The number of hydrogen-bond donors (Lipinski definition) is 1. The third kappa shape index (κ3) is 2.90. The molecule has 2 rings (SSSR count). The van der Waals surface area contributed by atoms with Gasteiger partial charge in [0.1, 0.15) is 0 Å². The average Bonchev–Trinajstić information content (AvgIpc) is 2.96. The predicted octanol–water partition coefficient (Wildman–Crippen LogP) is 3.74. The van der Waals surface area contributed by atoms with E-state index in [1.165, 1.54) is 30.6 Å². The van der Waals surface area contributed by atoms with E-state index in [0.717, 1.165) is 23.3 Å². The first kappa shape index (κ1) is 14.3. The van der Waals surface area contributed by atoms with Crippen LogP contribution in [0.15, 0.2) is 12.1 Å². The van der Waals surface area contributed by atoms with Crippen molar-refractivity contribution in [2.75, 3.05) is 13.6 Å². The first-order valence-corrected chi connectivity index (χ1v) is 7.94. The van der Waals surface area contributed by atoms with Crippen molar-refractivity contribution in [3.05, 3.63) is 21.3 Å². The van der Waals surface area contributed by atoms with E-state index in [2.05, 4.69) is 24.9 Å². The molecule has 0 saturated heterocycles. The molecule has 1 aromatic rings. The number of hydrogen-bond acceptors (Lipinski definition) is 3. The summed E-state index contributed by atoms with van der Waals surface area (Å²) < 4.78 is 0.873. The minimum atomic E-state index is 0.205. The minimum Gasteiger partial charge on any atom is -0.329 e. The summed E-state index contributed by atoms with van der Waals surface area (Å²) in [7, 11) is 2.21. The van der Waals surface area contributed by atoms with Crippen LogP contribution in [-0.4, -0.2) is 24.0 Å². The van der Waals surface area contributed by atoms with Gasteiger partial charge in [0.2, 0.25) is 0 Å². The van der Waals surface area contributed by atoms with Gasteiger partial charge in [-0.1, -0.05) is 24.9 Å².